The fraction of sp³-hybridized carbons (Fsp3) is 0.455. The van der Waals surface area contributed by atoms with E-state index in [2.05, 4.69) is 38.5 Å². The van der Waals surface area contributed by atoms with E-state index in [9.17, 15) is 8.78 Å². The molecular weight excluding hydrogens is 391 g/mol. The van der Waals surface area contributed by atoms with Crippen LogP contribution in [0.5, 0.6) is 0 Å². The van der Waals surface area contributed by atoms with Crippen molar-refractivity contribution in [3.05, 3.63) is 31.8 Å². The van der Waals surface area contributed by atoms with Crippen LogP contribution in [-0.4, -0.2) is 23.9 Å². The molecule has 88 valence electrons. The molecule has 0 amide bonds. The topological polar surface area (TPSA) is 3.24 Å². The molecule has 1 aliphatic rings. The lowest BCUT2D eigenvalue weighted by Gasteiger charge is -2.16. The van der Waals surface area contributed by atoms with Crippen molar-refractivity contribution in [2.24, 2.45) is 0 Å². The van der Waals surface area contributed by atoms with Crippen LogP contribution in [0.1, 0.15) is 12.0 Å². The van der Waals surface area contributed by atoms with Gasteiger partial charge in [0.1, 0.15) is 0 Å². The van der Waals surface area contributed by atoms with Gasteiger partial charge in [0.25, 0.3) is 5.92 Å². The molecule has 1 aromatic rings. The average Bonchev–Trinajstić information content (AvgIpc) is 2.52. The summed E-state index contributed by atoms with van der Waals surface area (Å²) in [6.45, 7) is 0.971. The fourth-order valence-electron chi connectivity index (χ4n) is 1.85. The first-order chi connectivity index (χ1) is 7.46. The number of hydrogen-bond donors (Lipinski definition) is 0. The van der Waals surface area contributed by atoms with Crippen LogP contribution in [0, 0.1) is 3.57 Å². The maximum atomic E-state index is 13.0. The standard InChI is InChI=1S/C11H11BrF2IN/c12-9-1-2-10(15)8(5-9)6-16-4-3-11(13,14)7-16/h1-2,5H,3-4,6-7H2. The van der Waals surface area contributed by atoms with Gasteiger partial charge in [-0.3, -0.25) is 4.90 Å². The van der Waals surface area contributed by atoms with Gasteiger partial charge in [0.15, 0.2) is 0 Å². The van der Waals surface area contributed by atoms with E-state index in [4.69, 9.17) is 0 Å². The zero-order valence-electron chi connectivity index (χ0n) is 8.52. The monoisotopic (exact) mass is 401 g/mol. The van der Waals surface area contributed by atoms with Crippen molar-refractivity contribution in [2.45, 2.75) is 18.9 Å². The predicted molar refractivity (Wildman–Crippen MR) is 71.7 cm³/mol. The third kappa shape index (κ3) is 3.13. The summed E-state index contributed by atoms with van der Waals surface area (Å²) in [6, 6.07) is 5.95. The normalized spacial score (nSPS) is 20.2. The first-order valence-corrected chi connectivity index (χ1v) is 6.88. The Bertz CT molecular complexity index is 398. The Morgan fingerprint density at radius 1 is 1.44 bits per heavy atom. The highest BCUT2D eigenvalue weighted by Gasteiger charge is 2.37. The summed E-state index contributed by atoms with van der Waals surface area (Å²) >= 11 is 5.64. The summed E-state index contributed by atoms with van der Waals surface area (Å²) in [5, 5.41) is 0. The van der Waals surface area contributed by atoms with E-state index in [1.165, 1.54) is 0 Å². The minimum absolute atomic E-state index is 0.0163. The molecule has 1 saturated heterocycles. The van der Waals surface area contributed by atoms with E-state index < -0.39 is 5.92 Å². The van der Waals surface area contributed by atoms with Crippen LogP contribution < -0.4 is 0 Å². The van der Waals surface area contributed by atoms with E-state index in [0.29, 0.717) is 13.1 Å². The molecule has 1 nitrogen and oxygen atoms in total. The van der Waals surface area contributed by atoms with Crippen molar-refractivity contribution in [3.63, 3.8) is 0 Å². The van der Waals surface area contributed by atoms with Gasteiger partial charge in [-0.25, -0.2) is 8.78 Å². The molecule has 1 heterocycles. The highest BCUT2D eigenvalue weighted by atomic mass is 127. The van der Waals surface area contributed by atoms with Gasteiger partial charge >= 0.3 is 0 Å². The van der Waals surface area contributed by atoms with Gasteiger partial charge in [0.2, 0.25) is 0 Å². The van der Waals surface area contributed by atoms with Crippen LogP contribution in [0.3, 0.4) is 0 Å². The Balaban J connectivity index is 2.07. The number of nitrogens with zero attached hydrogens (tertiary/aromatic N) is 1. The minimum atomic E-state index is -2.50. The highest BCUT2D eigenvalue weighted by Crippen LogP contribution is 2.29. The van der Waals surface area contributed by atoms with Crippen molar-refractivity contribution < 1.29 is 8.78 Å². The predicted octanol–water partition coefficient (Wildman–Crippen LogP) is 3.89. The molecule has 16 heavy (non-hydrogen) atoms. The Morgan fingerprint density at radius 3 is 2.81 bits per heavy atom. The van der Waals surface area contributed by atoms with Crippen LogP contribution in [0.15, 0.2) is 22.7 Å². The van der Waals surface area contributed by atoms with Crippen molar-refractivity contribution in [1.82, 2.24) is 4.90 Å². The summed E-state index contributed by atoms with van der Waals surface area (Å²) < 4.78 is 28.2. The zero-order valence-corrected chi connectivity index (χ0v) is 12.3. The van der Waals surface area contributed by atoms with Crippen molar-refractivity contribution in [2.75, 3.05) is 13.1 Å². The van der Waals surface area contributed by atoms with Crippen molar-refractivity contribution >= 4 is 38.5 Å². The van der Waals surface area contributed by atoms with Gasteiger partial charge in [0, 0.05) is 27.6 Å². The third-order valence-electron chi connectivity index (χ3n) is 2.65. The number of halogens is 4. The number of likely N-dealkylation sites (tertiary alicyclic amines) is 1. The highest BCUT2D eigenvalue weighted by molar-refractivity contribution is 14.1. The molecule has 0 N–H and O–H groups in total. The molecule has 1 aromatic carbocycles. The largest absolute Gasteiger partial charge is 0.293 e. The Labute approximate surface area is 115 Å². The summed E-state index contributed by atoms with van der Waals surface area (Å²) in [5.41, 5.74) is 1.10. The second-order valence-electron chi connectivity index (χ2n) is 4.05. The van der Waals surface area contributed by atoms with Gasteiger partial charge in [0.05, 0.1) is 6.54 Å². The molecule has 5 heteroatoms. The van der Waals surface area contributed by atoms with Crippen molar-refractivity contribution in [1.29, 1.82) is 0 Å². The van der Waals surface area contributed by atoms with E-state index in [0.717, 1.165) is 13.6 Å². The lowest BCUT2D eigenvalue weighted by molar-refractivity contribution is 0.0115. The lowest BCUT2D eigenvalue weighted by Crippen LogP contribution is -2.25. The number of hydrogen-bond acceptors (Lipinski definition) is 1. The maximum Gasteiger partial charge on any atom is 0.261 e. The molecule has 0 radical (unpaired) electrons. The summed E-state index contributed by atoms with van der Waals surface area (Å²) in [7, 11) is 0. The molecule has 0 bridgehead atoms. The maximum absolute atomic E-state index is 13.0. The molecule has 0 spiro atoms. The fourth-order valence-corrected chi connectivity index (χ4v) is 2.76. The van der Waals surface area contributed by atoms with E-state index in [-0.39, 0.29) is 13.0 Å². The molecule has 2 rings (SSSR count). The number of rotatable bonds is 2. The zero-order chi connectivity index (χ0) is 11.8. The second-order valence-corrected chi connectivity index (χ2v) is 6.13. The van der Waals surface area contributed by atoms with Gasteiger partial charge in [-0.1, -0.05) is 15.9 Å². The molecular formula is C11H11BrF2IN. The van der Waals surface area contributed by atoms with E-state index in [1.807, 2.05) is 23.1 Å². The van der Waals surface area contributed by atoms with Crippen LogP contribution in [0.25, 0.3) is 0 Å². The quantitative estimate of drug-likeness (QED) is 0.679. The van der Waals surface area contributed by atoms with Gasteiger partial charge in [-0.2, -0.15) is 0 Å². The van der Waals surface area contributed by atoms with Gasteiger partial charge < -0.3 is 0 Å². The summed E-state index contributed by atoms with van der Waals surface area (Å²) in [5.74, 6) is -2.50. The smallest absolute Gasteiger partial charge is 0.261 e. The van der Waals surface area contributed by atoms with Crippen LogP contribution in [0.4, 0.5) is 8.78 Å². The Hall–Kier alpha value is 0.250. The van der Waals surface area contributed by atoms with E-state index >= 15 is 0 Å². The molecule has 0 atom stereocenters. The summed E-state index contributed by atoms with van der Waals surface area (Å²) in [6.07, 6.45) is -0.0163. The lowest BCUT2D eigenvalue weighted by atomic mass is 10.2. The number of alkyl halides is 2. The molecule has 0 unspecified atom stereocenters. The Kier molecular flexibility index (Phi) is 3.86. The SMILES string of the molecule is FC1(F)CCN(Cc2cc(Br)ccc2I)C1. The van der Waals surface area contributed by atoms with Gasteiger partial charge in [-0.05, 0) is 46.4 Å². The molecule has 1 fully saturated rings. The summed E-state index contributed by atoms with van der Waals surface area (Å²) in [4.78, 5) is 1.81. The second kappa shape index (κ2) is 4.86. The first kappa shape index (κ1) is 12.7. The van der Waals surface area contributed by atoms with Crippen molar-refractivity contribution in [3.8, 4) is 0 Å². The van der Waals surface area contributed by atoms with Gasteiger partial charge in [-0.15, -0.1) is 0 Å². The van der Waals surface area contributed by atoms with Crippen LogP contribution >= 0.6 is 38.5 Å². The minimum Gasteiger partial charge on any atom is -0.293 e. The molecule has 0 aliphatic carbocycles. The van der Waals surface area contributed by atoms with E-state index in [1.54, 1.807) is 0 Å². The third-order valence-corrected chi connectivity index (χ3v) is 4.20. The molecule has 0 saturated carbocycles. The van der Waals surface area contributed by atoms with Crippen LogP contribution in [0.2, 0.25) is 0 Å². The Morgan fingerprint density at radius 2 is 2.19 bits per heavy atom. The van der Waals surface area contributed by atoms with Crippen LogP contribution in [-0.2, 0) is 6.54 Å². The average molecular weight is 402 g/mol. The first-order valence-electron chi connectivity index (χ1n) is 5.00. The molecule has 0 aromatic heterocycles. The molecule has 1 aliphatic heterocycles. The number of benzene rings is 1.